The van der Waals surface area contributed by atoms with E-state index >= 15 is 8.78 Å². The number of hydrogen-bond donors (Lipinski definition) is 0. The van der Waals surface area contributed by atoms with Crippen molar-refractivity contribution in [3.63, 3.8) is 0 Å². The highest BCUT2D eigenvalue weighted by atomic mass is 19.4. The third-order valence-electron chi connectivity index (χ3n) is 7.75. The van der Waals surface area contributed by atoms with Crippen molar-refractivity contribution in [1.82, 2.24) is 0 Å². The van der Waals surface area contributed by atoms with Gasteiger partial charge < -0.3 is 18.9 Å². The molecule has 0 bridgehead atoms. The second-order valence-electron chi connectivity index (χ2n) is 11.4. The van der Waals surface area contributed by atoms with E-state index in [1.54, 1.807) is 6.07 Å². The Labute approximate surface area is 274 Å². The molecule has 0 unspecified atom stereocenters. The van der Waals surface area contributed by atoms with Crippen molar-refractivity contribution in [2.45, 2.75) is 51.4 Å². The van der Waals surface area contributed by atoms with Gasteiger partial charge in [-0.3, -0.25) is 0 Å². The lowest BCUT2D eigenvalue weighted by Crippen LogP contribution is -2.27. The summed E-state index contributed by atoms with van der Waals surface area (Å²) in [5.41, 5.74) is -2.33. The highest BCUT2D eigenvalue weighted by Gasteiger charge is 2.42. The van der Waals surface area contributed by atoms with E-state index in [9.17, 15) is 35.1 Å². The van der Waals surface area contributed by atoms with Gasteiger partial charge >= 0.3 is 12.5 Å². The molecule has 14 heteroatoms. The zero-order chi connectivity index (χ0) is 35.5. The fraction of sp³-hybridized carbons (Fsp3) is 0.314. The van der Waals surface area contributed by atoms with Crippen molar-refractivity contribution in [2.24, 2.45) is 5.92 Å². The summed E-state index contributed by atoms with van der Waals surface area (Å²) in [5.74, 6) is -9.44. The minimum atomic E-state index is -5.28. The second kappa shape index (κ2) is 14.7. The number of alkyl halides is 5. The summed E-state index contributed by atoms with van der Waals surface area (Å²) in [5, 5.41) is 0. The summed E-state index contributed by atoms with van der Waals surface area (Å²) in [6.07, 6.45) is -6.60. The molecule has 0 atom stereocenters. The fourth-order valence-corrected chi connectivity index (χ4v) is 5.37. The van der Waals surface area contributed by atoms with Gasteiger partial charge in [-0.1, -0.05) is 50.5 Å². The van der Waals surface area contributed by atoms with Crippen LogP contribution in [0.2, 0.25) is 0 Å². The van der Waals surface area contributed by atoms with E-state index in [1.807, 2.05) is 0 Å². The van der Waals surface area contributed by atoms with E-state index in [0.29, 0.717) is 43.0 Å². The predicted molar refractivity (Wildman–Crippen MR) is 157 cm³/mol. The lowest BCUT2D eigenvalue weighted by atomic mass is 9.97. The van der Waals surface area contributed by atoms with Gasteiger partial charge in [-0.15, -0.1) is 13.2 Å². The van der Waals surface area contributed by atoms with Crippen molar-refractivity contribution in [1.29, 1.82) is 0 Å². The van der Waals surface area contributed by atoms with Crippen LogP contribution >= 0.6 is 0 Å². The molecule has 1 aliphatic rings. The Morgan fingerprint density at radius 1 is 0.653 bits per heavy atom. The molecule has 49 heavy (non-hydrogen) atoms. The first-order valence-electron chi connectivity index (χ1n) is 15.1. The second-order valence-corrected chi connectivity index (χ2v) is 11.4. The van der Waals surface area contributed by atoms with Crippen LogP contribution in [0.4, 0.5) is 43.9 Å². The molecule has 262 valence electrons. The number of rotatable bonds is 11. The monoisotopic (exact) mass is 702 g/mol. The first-order valence-corrected chi connectivity index (χ1v) is 15.1. The predicted octanol–water partition coefficient (Wildman–Crippen LogP) is 11.0. The van der Waals surface area contributed by atoms with Crippen molar-refractivity contribution >= 4 is 0 Å². The molecule has 5 rings (SSSR count). The topological polar surface area (TPSA) is 36.9 Å². The Balaban J connectivity index is 1.30. The summed E-state index contributed by atoms with van der Waals surface area (Å²) in [6.45, 7) is 3.05. The van der Waals surface area contributed by atoms with Gasteiger partial charge in [0.2, 0.25) is 0 Å². The van der Waals surface area contributed by atoms with Gasteiger partial charge in [-0.05, 0) is 53.9 Å². The van der Waals surface area contributed by atoms with Crippen molar-refractivity contribution in [2.75, 3.05) is 13.2 Å². The van der Waals surface area contributed by atoms with Crippen LogP contribution in [0.1, 0.15) is 50.0 Å². The molecule has 0 aliphatic carbocycles. The average molecular weight is 703 g/mol. The Morgan fingerprint density at radius 3 is 1.86 bits per heavy atom. The van der Waals surface area contributed by atoms with Crippen LogP contribution in [0, 0.1) is 35.0 Å². The molecule has 0 aromatic heterocycles. The molecule has 1 fully saturated rings. The molecule has 4 aromatic carbocycles. The van der Waals surface area contributed by atoms with Crippen LogP contribution in [0.5, 0.6) is 11.5 Å². The molecular weight excluding hydrogens is 674 g/mol. The van der Waals surface area contributed by atoms with Crippen LogP contribution in [0.15, 0.2) is 66.7 Å². The van der Waals surface area contributed by atoms with Gasteiger partial charge in [-0.2, -0.15) is 8.78 Å². The number of benzene rings is 4. The molecule has 1 heterocycles. The third-order valence-corrected chi connectivity index (χ3v) is 7.75. The molecule has 0 radical (unpaired) electrons. The van der Waals surface area contributed by atoms with Gasteiger partial charge in [0.15, 0.2) is 17.9 Å². The van der Waals surface area contributed by atoms with E-state index in [1.165, 1.54) is 18.2 Å². The minimum Gasteiger partial charge on any atom is -0.429 e. The summed E-state index contributed by atoms with van der Waals surface area (Å²) in [7, 11) is 0. The van der Waals surface area contributed by atoms with Gasteiger partial charge in [0, 0.05) is 28.7 Å². The van der Waals surface area contributed by atoms with Crippen LogP contribution < -0.4 is 9.47 Å². The summed E-state index contributed by atoms with van der Waals surface area (Å²) in [6, 6.07) is 9.15. The summed E-state index contributed by atoms with van der Waals surface area (Å²) >= 11 is 0. The van der Waals surface area contributed by atoms with Gasteiger partial charge in [0.05, 0.1) is 13.2 Å². The first-order chi connectivity index (χ1) is 23.1. The smallest absolute Gasteiger partial charge is 0.429 e. The van der Waals surface area contributed by atoms with E-state index in [-0.39, 0.29) is 23.1 Å². The Morgan fingerprint density at radius 2 is 1.27 bits per heavy atom. The highest BCUT2D eigenvalue weighted by Crippen LogP contribution is 2.39. The standard InChI is InChI=1S/C35H28F10O4/c1-2-3-4-5-19-17-46-33(47-18-19)21-7-10-24(27(37)13-21)20-6-9-25(26(36)12-20)22-14-29(39)32(30(40)15-22)34(41,42)48-23-8-11-31(28(38)16-23)49-35(43,44)45/h6-16,19,33H,2-5,17-18H2,1H3. The molecule has 0 spiro atoms. The zero-order valence-corrected chi connectivity index (χ0v) is 25.7. The number of unbranched alkanes of at least 4 members (excludes halogenated alkanes) is 2. The number of ether oxygens (including phenoxy) is 4. The third kappa shape index (κ3) is 8.66. The molecule has 1 saturated heterocycles. The largest absolute Gasteiger partial charge is 0.573 e. The molecular formula is C35H28F10O4. The molecule has 4 nitrogen and oxygen atoms in total. The van der Waals surface area contributed by atoms with E-state index in [0.717, 1.165) is 37.8 Å². The number of halogens is 10. The first kappa shape index (κ1) is 36.0. The molecule has 0 saturated carbocycles. The maximum Gasteiger partial charge on any atom is 0.573 e. The summed E-state index contributed by atoms with van der Waals surface area (Å²) < 4.78 is 160. The van der Waals surface area contributed by atoms with Crippen molar-refractivity contribution < 1.29 is 62.9 Å². The van der Waals surface area contributed by atoms with E-state index < -0.39 is 76.0 Å². The lowest BCUT2D eigenvalue weighted by molar-refractivity contribution is -0.275. The van der Waals surface area contributed by atoms with Gasteiger partial charge in [-0.25, -0.2) is 22.0 Å². The van der Waals surface area contributed by atoms with Crippen LogP contribution in [-0.2, 0) is 15.6 Å². The van der Waals surface area contributed by atoms with Crippen molar-refractivity contribution in [3.05, 3.63) is 107 Å². The van der Waals surface area contributed by atoms with E-state index in [2.05, 4.69) is 16.4 Å². The zero-order valence-electron chi connectivity index (χ0n) is 25.7. The van der Waals surface area contributed by atoms with Crippen LogP contribution in [0.25, 0.3) is 22.3 Å². The van der Waals surface area contributed by atoms with Crippen LogP contribution in [-0.4, -0.2) is 19.6 Å². The molecule has 4 aromatic rings. The normalized spacial score (nSPS) is 16.9. The number of hydrogen-bond acceptors (Lipinski definition) is 4. The Kier molecular flexibility index (Phi) is 10.8. The molecule has 0 N–H and O–H groups in total. The van der Waals surface area contributed by atoms with Gasteiger partial charge in [0.1, 0.15) is 34.6 Å². The average Bonchev–Trinajstić information content (AvgIpc) is 3.01. The Hall–Kier alpha value is -4.30. The van der Waals surface area contributed by atoms with Gasteiger partial charge in [0.25, 0.3) is 0 Å². The molecule has 0 amide bonds. The van der Waals surface area contributed by atoms with Crippen molar-refractivity contribution in [3.8, 4) is 33.8 Å². The lowest BCUT2D eigenvalue weighted by Gasteiger charge is -2.29. The molecule has 1 aliphatic heterocycles. The minimum absolute atomic E-state index is 0.00129. The van der Waals surface area contributed by atoms with E-state index in [4.69, 9.17) is 9.47 Å². The quantitative estimate of drug-likeness (QED) is 0.115. The highest BCUT2D eigenvalue weighted by molar-refractivity contribution is 5.72. The maximum atomic E-state index is 15.2. The SMILES string of the molecule is CCCCCC1COC(c2ccc(-c3ccc(-c4cc(F)c(C(F)(F)Oc5ccc(OC(F)(F)F)c(F)c5)c(F)c4)c(F)c3)c(F)c2)OC1. The maximum absolute atomic E-state index is 15.2. The Bertz CT molecular complexity index is 1760. The van der Waals surface area contributed by atoms with Crippen LogP contribution in [0.3, 0.4) is 0 Å². The fourth-order valence-electron chi connectivity index (χ4n) is 5.37. The summed E-state index contributed by atoms with van der Waals surface area (Å²) in [4.78, 5) is 0.